The molecule has 5 rings (SSSR count). The third-order valence-electron chi connectivity index (χ3n) is 7.46. The van der Waals surface area contributed by atoms with Crippen molar-refractivity contribution in [1.82, 2.24) is 24.3 Å². The van der Waals surface area contributed by atoms with Crippen LogP contribution < -0.4 is 5.32 Å². The van der Waals surface area contributed by atoms with Crippen molar-refractivity contribution < 1.29 is 14.3 Å². The standard InChI is InChI=1S/C31H39N5O3/c1-7-20-16-22(29(37)35-15-11-13-23(19-35)32-30(38)39-31(3,4)5)17-24-27(20)34(6)28(33-24)26-18-21-12-9-10-14-25(21)36(26)8-2/h9-10,12,14,16-18,23H,7-8,11,13,15,19H2,1-6H3,(H,32,38). The number of piperidine rings is 1. The Morgan fingerprint density at radius 2 is 1.90 bits per heavy atom. The highest BCUT2D eigenvalue weighted by Gasteiger charge is 2.28. The van der Waals surface area contributed by atoms with Gasteiger partial charge in [-0.1, -0.05) is 25.1 Å². The fourth-order valence-electron chi connectivity index (χ4n) is 5.74. The number of nitrogens with zero attached hydrogens (tertiary/aromatic N) is 4. The molecule has 1 fully saturated rings. The average Bonchev–Trinajstić information content (AvgIpc) is 3.43. The Morgan fingerprint density at radius 3 is 2.62 bits per heavy atom. The van der Waals surface area contributed by atoms with Crippen LogP contribution in [0.15, 0.2) is 42.5 Å². The van der Waals surface area contributed by atoms with Crippen molar-refractivity contribution in [3.8, 4) is 11.5 Å². The van der Waals surface area contributed by atoms with Crippen molar-refractivity contribution in [3.63, 3.8) is 0 Å². The molecule has 206 valence electrons. The monoisotopic (exact) mass is 529 g/mol. The minimum atomic E-state index is -0.562. The smallest absolute Gasteiger partial charge is 0.407 e. The molecular formula is C31H39N5O3. The number of likely N-dealkylation sites (tertiary alicyclic amines) is 1. The van der Waals surface area contributed by atoms with Crippen molar-refractivity contribution in [2.45, 2.75) is 72.1 Å². The SMILES string of the molecule is CCc1cc(C(=O)N2CCCC(NC(=O)OC(C)(C)C)C2)cc2nc(-c3cc4ccccc4n3CC)n(C)c12. The van der Waals surface area contributed by atoms with Crippen LogP contribution in [-0.2, 0) is 24.8 Å². The topological polar surface area (TPSA) is 81.4 Å². The van der Waals surface area contributed by atoms with E-state index in [-0.39, 0.29) is 11.9 Å². The summed E-state index contributed by atoms with van der Waals surface area (Å²) in [5, 5.41) is 4.13. The number of hydrogen-bond donors (Lipinski definition) is 1. The van der Waals surface area contributed by atoms with Crippen molar-refractivity contribution in [3.05, 3.63) is 53.6 Å². The molecule has 0 aliphatic carbocycles. The van der Waals surface area contributed by atoms with Gasteiger partial charge in [0, 0.05) is 49.2 Å². The molecule has 39 heavy (non-hydrogen) atoms. The molecule has 8 heteroatoms. The highest BCUT2D eigenvalue weighted by Crippen LogP contribution is 2.32. The Morgan fingerprint density at radius 1 is 1.13 bits per heavy atom. The first-order chi connectivity index (χ1) is 18.6. The third-order valence-corrected chi connectivity index (χ3v) is 7.46. The maximum atomic E-state index is 13.7. The van der Waals surface area contributed by atoms with E-state index in [1.54, 1.807) is 0 Å². The zero-order valence-electron chi connectivity index (χ0n) is 23.9. The van der Waals surface area contributed by atoms with Gasteiger partial charge in [0.15, 0.2) is 5.82 Å². The number of alkyl carbamates (subject to hydrolysis) is 1. The number of amides is 2. The Kier molecular flexibility index (Phi) is 7.14. The molecular weight excluding hydrogens is 490 g/mol. The molecule has 1 unspecified atom stereocenters. The number of fused-ring (bicyclic) bond motifs is 2. The Hall–Kier alpha value is -3.81. The number of carbonyl (C=O) groups excluding carboxylic acids is 2. The van der Waals surface area contributed by atoms with Gasteiger partial charge in [0.05, 0.1) is 16.7 Å². The maximum absolute atomic E-state index is 13.7. The van der Waals surface area contributed by atoms with Gasteiger partial charge < -0.3 is 24.1 Å². The number of para-hydroxylation sites is 1. The van der Waals surface area contributed by atoms with Gasteiger partial charge in [-0.25, -0.2) is 9.78 Å². The molecule has 1 atom stereocenters. The van der Waals surface area contributed by atoms with Gasteiger partial charge in [-0.05, 0) is 76.8 Å². The van der Waals surface area contributed by atoms with E-state index in [9.17, 15) is 9.59 Å². The molecule has 0 bridgehead atoms. The van der Waals surface area contributed by atoms with Gasteiger partial charge in [0.2, 0.25) is 0 Å². The maximum Gasteiger partial charge on any atom is 0.407 e. The molecule has 0 spiro atoms. The molecule has 8 nitrogen and oxygen atoms in total. The number of aryl methyl sites for hydroxylation is 3. The normalized spacial score (nSPS) is 16.2. The summed E-state index contributed by atoms with van der Waals surface area (Å²) in [5.74, 6) is 0.860. The minimum absolute atomic E-state index is 0.0304. The molecule has 4 aromatic rings. The van der Waals surface area contributed by atoms with Crippen LogP contribution in [0.5, 0.6) is 0 Å². The van der Waals surface area contributed by atoms with Gasteiger partial charge in [-0.15, -0.1) is 0 Å². The number of nitrogens with one attached hydrogen (secondary N) is 1. The van der Waals surface area contributed by atoms with E-state index in [1.165, 1.54) is 10.9 Å². The van der Waals surface area contributed by atoms with Gasteiger partial charge in [0.1, 0.15) is 5.60 Å². The summed E-state index contributed by atoms with van der Waals surface area (Å²) < 4.78 is 9.87. The largest absolute Gasteiger partial charge is 0.444 e. The number of rotatable bonds is 5. The second-order valence-electron chi connectivity index (χ2n) is 11.4. The van der Waals surface area contributed by atoms with Crippen LogP contribution in [0.1, 0.15) is 63.4 Å². The van der Waals surface area contributed by atoms with E-state index >= 15 is 0 Å². The van der Waals surface area contributed by atoms with Crippen LogP contribution in [0.2, 0.25) is 0 Å². The molecule has 1 saturated heterocycles. The summed E-state index contributed by atoms with van der Waals surface area (Å²) in [5.41, 5.74) is 5.30. The molecule has 3 heterocycles. The Labute approximate surface area is 229 Å². The van der Waals surface area contributed by atoms with E-state index in [4.69, 9.17) is 9.72 Å². The molecule has 2 amide bonds. The second kappa shape index (κ2) is 10.4. The molecule has 0 radical (unpaired) electrons. The second-order valence-corrected chi connectivity index (χ2v) is 11.4. The molecule has 2 aromatic carbocycles. The van der Waals surface area contributed by atoms with Crippen LogP contribution in [0.3, 0.4) is 0 Å². The summed E-state index contributed by atoms with van der Waals surface area (Å²) >= 11 is 0. The lowest BCUT2D eigenvalue weighted by molar-refractivity contribution is 0.0452. The van der Waals surface area contributed by atoms with Gasteiger partial charge >= 0.3 is 6.09 Å². The quantitative estimate of drug-likeness (QED) is 0.349. The predicted molar refractivity (Wildman–Crippen MR) is 155 cm³/mol. The number of benzene rings is 2. The molecule has 2 aromatic heterocycles. The van der Waals surface area contributed by atoms with Crippen molar-refractivity contribution in [2.75, 3.05) is 13.1 Å². The number of ether oxygens (including phenoxy) is 1. The fourth-order valence-corrected chi connectivity index (χ4v) is 5.74. The van der Waals surface area contributed by atoms with Crippen LogP contribution in [-0.4, -0.2) is 55.8 Å². The number of aromatic nitrogens is 3. The summed E-state index contributed by atoms with van der Waals surface area (Å²) in [4.78, 5) is 32.9. The van der Waals surface area contributed by atoms with E-state index < -0.39 is 11.7 Å². The Bertz CT molecular complexity index is 1540. The molecule has 1 aliphatic heterocycles. The number of carbonyl (C=O) groups is 2. The summed E-state index contributed by atoms with van der Waals surface area (Å²) in [6, 6.07) is 14.4. The average molecular weight is 530 g/mol. The lowest BCUT2D eigenvalue weighted by atomic mass is 10.0. The minimum Gasteiger partial charge on any atom is -0.444 e. The lowest BCUT2D eigenvalue weighted by Crippen LogP contribution is -2.50. The van der Waals surface area contributed by atoms with E-state index in [0.29, 0.717) is 18.7 Å². The zero-order valence-corrected chi connectivity index (χ0v) is 23.9. The van der Waals surface area contributed by atoms with E-state index in [1.807, 2.05) is 37.8 Å². The number of imidazole rings is 1. The lowest BCUT2D eigenvalue weighted by Gasteiger charge is -2.33. The van der Waals surface area contributed by atoms with Crippen LogP contribution in [0.4, 0.5) is 4.79 Å². The van der Waals surface area contributed by atoms with E-state index in [0.717, 1.165) is 53.9 Å². The van der Waals surface area contributed by atoms with Gasteiger partial charge in [-0.3, -0.25) is 4.79 Å². The van der Waals surface area contributed by atoms with Gasteiger partial charge in [-0.2, -0.15) is 0 Å². The van der Waals surface area contributed by atoms with Gasteiger partial charge in [0.25, 0.3) is 5.91 Å². The molecule has 0 saturated carbocycles. The molecule has 1 aliphatic rings. The highest BCUT2D eigenvalue weighted by molar-refractivity contribution is 5.99. The zero-order chi connectivity index (χ0) is 27.9. The number of hydrogen-bond acceptors (Lipinski definition) is 4. The Balaban J connectivity index is 1.46. The first-order valence-electron chi connectivity index (χ1n) is 14.0. The van der Waals surface area contributed by atoms with E-state index in [2.05, 4.69) is 65.7 Å². The summed E-state index contributed by atoms with van der Waals surface area (Å²) in [7, 11) is 2.06. The third kappa shape index (κ3) is 5.24. The molecule has 1 N–H and O–H groups in total. The van der Waals surface area contributed by atoms with Crippen LogP contribution in [0, 0.1) is 0 Å². The predicted octanol–water partition coefficient (Wildman–Crippen LogP) is 5.91. The van der Waals surface area contributed by atoms with Crippen molar-refractivity contribution in [1.29, 1.82) is 0 Å². The van der Waals surface area contributed by atoms with Crippen molar-refractivity contribution >= 4 is 33.9 Å². The summed E-state index contributed by atoms with van der Waals surface area (Å²) in [6.45, 7) is 11.7. The van der Waals surface area contributed by atoms with Crippen LogP contribution >= 0.6 is 0 Å². The van der Waals surface area contributed by atoms with Crippen molar-refractivity contribution in [2.24, 2.45) is 7.05 Å². The fraction of sp³-hybridized carbons (Fsp3) is 0.452. The first-order valence-corrected chi connectivity index (χ1v) is 14.0. The highest BCUT2D eigenvalue weighted by atomic mass is 16.6. The summed E-state index contributed by atoms with van der Waals surface area (Å²) in [6.07, 6.45) is 1.99. The first kappa shape index (κ1) is 26.8. The van der Waals surface area contributed by atoms with Crippen LogP contribution in [0.25, 0.3) is 33.5 Å².